The van der Waals surface area contributed by atoms with Crippen LogP contribution < -0.4 is 4.74 Å². The molecule has 49 heavy (non-hydrogen) atoms. The van der Waals surface area contributed by atoms with Gasteiger partial charge in [-0.3, -0.25) is 29.0 Å². The van der Waals surface area contributed by atoms with Crippen molar-refractivity contribution < 1.29 is 29.0 Å². The first-order valence-electron chi connectivity index (χ1n) is 16.9. The van der Waals surface area contributed by atoms with Gasteiger partial charge in [-0.2, -0.15) is 0 Å². The SMILES string of the molecule is O=C1C2CC=C3C(CC4C(=O)N(Cc5ccccc5)C(=O)C4C3c3ccc(OCc4ccccc4)cc3O)C2C(=O)N1Cc1ccccc1. The summed E-state index contributed by atoms with van der Waals surface area (Å²) in [6, 6.07) is 33.7. The van der Waals surface area contributed by atoms with Gasteiger partial charge in [0.05, 0.1) is 36.8 Å². The Morgan fingerprint density at radius 2 is 1.16 bits per heavy atom. The van der Waals surface area contributed by atoms with Crippen molar-refractivity contribution in [1.29, 1.82) is 0 Å². The molecule has 0 radical (unpaired) electrons. The maximum atomic E-state index is 14.3. The highest BCUT2D eigenvalue weighted by atomic mass is 16.5. The van der Waals surface area contributed by atoms with E-state index in [2.05, 4.69) is 0 Å². The van der Waals surface area contributed by atoms with Crippen LogP contribution in [0.15, 0.2) is 121 Å². The lowest BCUT2D eigenvalue weighted by atomic mass is 9.57. The first-order valence-corrected chi connectivity index (χ1v) is 16.9. The zero-order valence-electron chi connectivity index (χ0n) is 26.9. The maximum Gasteiger partial charge on any atom is 0.234 e. The number of phenols is 1. The normalized spacial score (nSPS) is 25.9. The molecule has 3 fully saturated rings. The van der Waals surface area contributed by atoms with Crippen LogP contribution in [-0.4, -0.2) is 38.5 Å². The van der Waals surface area contributed by atoms with Crippen LogP contribution in [0, 0.1) is 29.6 Å². The number of ether oxygens (including phenoxy) is 1. The van der Waals surface area contributed by atoms with Crippen LogP contribution in [0.2, 0.25) is 0 Å². The number of amides is 4. The Morgan fingerprint density at radius 3 is 1.76 bits per heavy atom. The fraction of sp³-hybridized carbons (Fsp3) is 0.268. The van der Waals surface area contributed by atoms with Crippen molar-refractivity contribution >= 4 is 23.6 Å². The summed E-state index contributed by atoms with van der Waals surface area (Å²) < 4.78 is 5.98. The van der Waals surface area contributed by atoms with Gasteiger partial charge in [-0.25, -0.2) is 0 Å². The third-order valence-electron chi connectivity index (χ3n) is 10.8. The van der Waals surface area contributed by atoms with Crippen molar-refractivity contribution in [1.82, 2.24) is 9.80 Å². The molecular formula is C41H36N2O6. The van der Waals surface area contributed by atoms with Crippen molar-refractivity contribution in [3.05, 3.63) is 143 Å². The van der Waals surface area contributed by atoms with Crippen LogP contribution in [0.5, 0.6) is 11.5 Å². The van der Waals surface area contributed by atoms with Crippen molar-refractivity contribution in [3.63, 3.8) is 0 Å². The van der Waals surface area contributed by atoms with E-state index in [4.69, 9.17) is 4.74 Å². The summed E-state index contributed by atoms with van der Waals surface area (Å²) in [6.45, 7) is 0.659. The number of likely N-dealkylation sites (tertiary alicyclic amines) is 2. The molecule has 4 amide bonds. The van der Waals surface area contributed by atoms with Gasteiger partial charge >= 0.3 is 0 Å². The van der Waals surface area contributed by atoms with E-state index in [1.54, 1.807) is 18.2 Å². The molecule has 2 aliphatic carbocycles. The number of carbonyl (C=O) groups is 4. The van der Waals surface area contributed by atoms with Crippen LogP contribution in [-0.2, 0) is 38.9 Å². The average Bonchev–Trinajstić information content (AvgIpc) is 3.51. The predicted molar refractivity (Wildman–Crippen MR) is 180 cm³/mol. The second-order valence-electron chi connectivity index (χ2n) is 13.5. The number of carbonyl (C=O) groups excluding carboxylic acids is 4. The molecule has 8 heteroatoms. The molecule has 246 valence electrons. The van der Waals surface area contributed by atoms with E-state index in [1.807, 2.05) is 97.1 Å². The highest BCUT2D eigenvalue weighted by molar-refractivity contribution is 6.08. The predicted octanol–water partition coefficient (Wildman–Crippen LogP) is 6.01. The monoisotopic (exact) mass is 652 g/mol. The summed E-state index contributed by atoms with van der Waals surface area (Å²) >= 11 is 0. The van der Waals surface area contributed by atoms with Gasteiger partial charge in [0.2, 0.25) is 23.6 Å². The molecule has 8 rings (SSSR count). The van der Waals surface area contributed by atoms with Gasteiger partial charge in [-0.1, -0.05) is 109 Å². The van der Waals surface area contributed by atoms with E-state index < -0.39 is 35.5 Å². The molecule has 6 unspecified atom stereocenters. The number of imide groups is 2. The van der Waals surface area contributed by atoms with Gasteiger partial charge in [-0.15, -0.1) is 0 Å². The average molecular weight is 653 g/mol. The topological polar surface area (TPSA) is 104 Å². The molecule has 4 aliphatic rings. The Morgan fingerprint density at radius 1 is 0.612 bits per heavy atom. The Labute approximate surface area is 284 Å². The van der Waals surface area contributed by atoms with E-state index in [0.717, 1.165) is 22.3 Å². The lowest BCUT2D eigenvalue weighted by Crippen LogP contribution is -2.43. The summed E-state index contributed by atoms with van der Waals surface area (Å²) in [5.74, 6) is -4.24. The summed E-state index contributed by atoms with van der Waals surface area (Å²) in [7, 11) is 0. The molecule has 6 atom stereocenters. The van der Waals surface area contributed by atoms with E-state index in [9.17, 15) is 24.3 Å². The minimum atomic E-state index is -0.745. The molecule has 2 aliphatic heterocycles. The lowest BCUT2D eigenvalue weighted by molar-refractivity contribution is -0.142. The fourth-order valence-electron chi connectivity index (χ4n) is 8.53. The highest BCUT2D eigenvalue weighted by Gasteiger charge is 2.62. The number of nitrogens with zero attached hydrogens (tertiary/aromatic N) is 2. The Kier molecular flexibility index (Phi) is 7.86. The fourth-order valence-corrected chi connectivity index (χ4v) is 8.53. The van der Waals surface area contributed by atoms with Crippen LogP contribution in [0.3, 0.4) is 0 Å². The smallest absolute Gasteiger partial charge is 0.234 e. The number of allylic oxidation sites excluding steroid dienone is 2. The molecule has 0 aromatic heterocycles. The number of benzene rings is 4. The van der Waals surface area contributed by atoms with E-state index in [0.29, 0.717) is 30.8 Å². The first kappa shape index (κ1) is 30.8. The molecule has 2 saturated heterocycles. The van der Waals surface area contributed by atoms with E-state index in [-0.39, 0.29) is 42.5 Å². The second-order valence-corrected chi connectivity index (χ2v) is 13.5. The summed E-state index contributed by atoms with van der Waals surface area (Å²) in [6.07, 6.45) is 2.65. The van der Waals surface area contributed by atoms with Gasteiger partial charge < -0.3 is 9.84 Å². The summed E-state index contributed by atoms with van der Waals surface area (Å²) in [4.78, 5) is 59.0. The molecule has 1 saturated carbocycles. The quantitative estimate of drug-likeness (QED) is 0.185. The summed E-state index contributed by atoms with van der Waals surface area (Å²) in [5.41, 5.74) is 4.05. The zero-order valence-corrected chi connectivity index (χ0v) is 26.9. The molecular weight excluding hydrogens is 616 g/mol. The van der Waals surface area contributed by atoms with Gasteiger partial charge in [0, 0.05) is 17.5 Å². The maximum absolute atomic E-state index is 14.3. The molecule has 2 heterocycles. The number of fused-ring (bicyclic) bond motifs is 4. The van der Waals surface area contributed by atoms with Crippen LogP contribution in [0.4, 0.5) is 0 Å². The minimum absolute atomic E-state index is 0.0423. The van der Waals surface area contributed by atoms with Crippen LogP contribution in [0.1, 0.15) is 41.0 Å². The molecule has 0 bridgehead atoms. The van der Waals surface area contributed by atoms with Crippen molar-refractivity contribution in [2.45, 2.75) is 38.5 Å². The van der Waals surface area contributed by atoms with Gasteiger partial charge in [-0.05, 0) is 41.5 Å². The number of hydrogen-bond acceptors (Lipinski definition) is 6. The standard InChI is InChI=1S/C41H36N2O6/c44-34-20-28(49-24-27-14-8-3-9-15-27)16-17-30(34)35-29-18-19-31-36(40(47)42(38(31)45)22-25-10-4-1-5-11-25)32(29)21-33-37(35)41(48)43(39(33)46)23-26-12-6-2-7-13-26/h1-18,20,31-33,35-37,44H,19,21-24H2. The third-order valence-corrected chi connectivity index (χ3v) is 10.8. The zero-order chi connectivity index (χ0) is 33.6. The van der Waals surface area contributed by atoms with E-state index >= 15 is 0 Å². The molecule has 0 spiro atoms. The number of rotatable bonds is 8. The number of aromatic hydroxyl groups is 1. The molecule has 4 aromatic carbocycles. The minimum Gasteiger partial charge on any atom is -0.508 e. The van der Waals surface area contributed by atoms with Gasteiger partial charge in [0.25, 0.3) is 0 Å². The van der Waals surface area contributed by atoms with Crippen molar-refractivity contribution in [2.24, 2.45) is 29.6 Å². The lowest BCUT2D eigenvalue weighted by Gasteiger charge is -2.44. The Hall–Kier alpha value is -5.50. The summed E-state index contributed by atoms with van der Waals surface area (Å²) in [5, 5.41) is 11.5. The van der Waals surface area contributed by atoms with Crippen LogP contribution in [0.25, 0.3) is 0 Å². The van der Waals surface area contributed by atoms with Gasteiger partial charge in [0.15, 0.2) is 0 Å². The van der Waals surface area contributed by atoms with Crippen molar-refractivity contribution in [2.75, 3.05) is 0 Å². The van der Waals surface area contributed by atoms with Crippen molar-refractivity contribution in [3.8, 4) is 11.5 Å². The van der Waals surface area contributed by atoms with E-state index in [1.165, 1.54) is 9.80 Å². The molecule has 8 nitrogen and oxygen atoms in total. The molecule has 1 N–H and O–H groups in total. The number of phenolic OH excluding ortho intramolecular Hbond substituents is 1. The largest absolute Gasteiger partial charge is 0.508 e. The highest BCUT2D eigenvalue weighted by Crippen LogP contribution is 2.59. The van der Waals surface area contributed by atoms with Crippen LogP contribution >= 0.6 is 0 Å². The van der Waals surface area contributed by atoms with Gasteiger partial charge in [0.1, 0.15) is 18.1 Å². The first-order chi connectivity index (χ1) is 23.9. The Balaban J connectivity index is 1.15. The Bertz CT molecular complexity index is 1960. The number of hydrogen-bond donors (Lipinski definition) is 1. The molecule has 4 aromatic rings. The second kappa shape index (κ2) is 12.5. The third kappa shape index (κ3) is 5.41.